The SMILES string of the molecule is C=C1N=C(SCc2ccc(C)cc2)N(CC(=O)N(CCN(CC)CC)Cc2ccc(-c3ccc(C(C)(F)F)cc3)cc2)C=C1Cc1ccc(Cl)cc1. The zero-order chi connectivity index (χ0) is 37.3. The second-order valence-corrected chi connectivity index (χ2v) is 14.6. The molecule has 4 aromatic carbocycles. The van der Waals surface area contributed by atoms with Gasteiger partial charge in [0.1, 0.15) is 6.54 Å². The number of carbonyl (C=O) groups is 1. The van der Waals surface area contributed by atoms with Gasteiger partial charge < -0.3 is 14.7 Å². The summed E-state index contributed by atoms with van der Waals surface area (Å²) in [5.41, 5.74) is 7.84. The molecule has 0 atom stereocenters. The molecule has 0 saturated heterocycles. The van der Waals surface area contributed by atoms with Gasteiger partial charge in [-0.2, -0.15) is 0 Å². The van der Waals surface area contributed by atoms with Gasteiger partial charge in [0.05, 0.1) is 5.70 Å². The summed E-state index contributed by atoms with van der Waals surface area (Å²) < 4.78 is 27.5. The van der Waals surface area contributed by atoms with Crippen LogP contribution in [0.25, 0.3) is 11.1 Å². The van der Waals surface area contributed by atoms with Crippen LogP contribution in [0.5, 0.6) is 0 Å². The third-order valence-corrected chi connectivity index (χ3v) is 10.6. The number of allylic oxidation sites excluding steroid dienone is 1. The van der Waals surface area contributed by atoms with E-state index in [4.69, 9.17) is 16.6 Å². The van der Waals surface area contributed by atoms with Crippen molar-refractivity contribution in [3.05, 3.63) is 154 Å². The molecular formula is C43H47ClF2N4OS. The molecule has 0 bridgehead atoms. The minimum Gasteiger partial charge on any atom is -0.336 e. The standard InChI is InChI=1S/C43H47ClF2N4OS/c1-6-48(7-2)24-25-49(27-34-12-16-36(17-13-34)37-18-20-39(21-19-37)43(5,45)46)41(51)29-50-28-38(26-33-14-22-40(44)23-15-33)32(4)47-42(50)52-30-35-10-8-31(3)9-11-35/h8-23,28H,4,6-7,24-27,29-30H2,1-3,5H3. The Hall–Kier alpha value is -4.24. The molecule has 5 rings (SSSR count). The fraction of sp³-hybridized carbons (Fsp3) is 0.302. The average Bonchev–Trinajstić information content (AvgIpc) is 3.13. The zero-order valence-corrected chi connectivity index (χ0v) is 32.0. The van der Waals surface area contributed by atoms with Crippen molar-refractivity contribution in [2.75, 3.05) is 32.7 Å². The summed E-state index contributed by atoms with van der Waals surface area (Å²) in [6.45, 7) is 15.2. The summed E-state index contributed by atoms with van der Waals surface area (Å²) >= 11 is 7.75. The lowest BCUT2D eigenvalue weighted by Gasteiger charge is -2.31. The molecular weight excluding hydrogens is 694 g/mol. The number of carbonyl (C=O) groups excluding carboxylic acids is 1. The van der Waals surface area contributed by atoms with E-state index in [9.17, 15) is 13.6 Å². The largest absolute Gasteiger partial charge is 0.336 e. The minimum atomic E-state index is -2.88. The summed E-state index contributed by atoms with van der Waals surface area (Å²) in [7, 11) is 0. The van der Waals surface area contributed by atoms with Crippen LogP contribution in [0, 0.1) is 6.92 Å². The number of hydrogen-bond donors (Lipinski definition) is 0. The monoisotopic (exact) mass is 740 g/mol. The number of hydrogen-bond acceptors (Lipinski definition) is 5. The van der Waals surface area contributed by atoms with Gasteiger partial charge in [0, 0.05) is 55.5 Å². The van der Waals surface area contributed by atoms with Gasteiger partial charge in [-0.25, -0.2) is 13.8 Å². The number of thioether (sulfide) groups is 1. The Labute approximate surface area is 316 Å². The average molecular weight is 741 g/mol. The molecule has 0 spiro atoms. The van der Waals surface area contributed by atoms with E-state index in [0.29, 0.717) is 36.0 Å². The van der Waals surface area contributed by atoms with Crippen molar-refractivity contribution in [3.63, 3.8) is 0 Å². The number of amidine groups is 1. The predicted octanol–water partition coefficient (Wildman–Crippen LogP) is 10.3. The third kappa shape index (κ3) is 10.9. The maximum absolute atomic E-state index is 14.3. The van der Waals surface area contributed by atoms with Crippen molar-refractivity contribution in [2.24, 2.45) is 4.99 Å². The van der Waals surface area contributed by atoms with Gasteiger partial charge in [-0.15, -0.1) is 0 Å². The lowest BCUT2D eigenvalue weighted by molar-refractivity contribution is -0.132. The molecule has 0 radical (unpaired) electrons. The first-order chi connectivity index (χ1) is 24.9. The van der Waals surface area contributed by atoms with Crippen molar-refractivity contribution in [1.29, 1.82) is 0 Å². The van der Waals surface area contributed by atoms with Gasteiger partial charge in [-0.3, -0.25) is 4.79 Å². The van der Waals surface area contributed by atoms with Gasteiger partial charge in [0.15, 0.2) is 5.17 Å². The summed E-state index contributed by atoms with van der Waals surface area (Å²) in [6, 6.07) is 30.6. The molecule has 0 unspecified atom stereocenters. The lowest BCUT2D eigenvalue weighted by atomic mass is 10.0. The number of aryl methyl sites for hydroxylation is 1. The van der Waals surface area contributed by atoms with Crippen LogP contribution < -0.4 is 0 Å². The highest BCUT2D eigenvalue weighted by atomic mass is 35.5. The Morgan fingerprint density at radius 2 is 1.42 bits per heavy atom. The van der Waals surface area contributed by atoms with Gasteiger partial charge in [0.25, 0.3) is 5.92 Å². The molecule has 1 heterocycles. The Kier molecular flexibility index (Phi) is 13.5. The maximum atomic E-state index is 14.3. The van der Waals surface area contributed by atoms with Gasteiger partial charge in [-0.05, 0) is 65.5 Å². The van der Waals surface area contributed by atoms with Crippen molar-refractivity contribution in [2.45, 2.75) is 52.3 Å². The minimum absolute atomic E-state index is 0.00874. The number of benzene rings is 4. The number of amides is 1. The predicted molar refractivity (Wildman–Crippen MR) is 214 cm³/mol. The Morgan fingerprint density at radius 3 is 2.02 bits per heavy atom. The van der Waals surface area contributed by atoms with Crippen LogP contribution in [0.2, 0.25) is 5.02 Å². The molecule has 0 aromatic heterocycles. The molecule has 9 heteroatoms. The fourth-order valence-electron chi connectivity index (χ4n) is 5.92. The summed E-state index contributed by atoms with van der Waals surface area (Å²) in [4.78, 5) is 25.5. The van der Waals surface area contributed by atoms with E-state index >= 15 is 0 Å². The molecule has 1 amide bonds. The number of aliphatic imine (C=N–C) groups is 1. The molecule has 0 fully saturated rings. The highest BCUT2D eigenvalue weighted by Gasteiger charge is 2.25. The number of alkyl halides is 2. The number of nitrogens with zero attached hydrogens (tertiary/aromatic N) is 4. The number of likely N-dealkylation sites (N-methyl/N-ethyl adjacent to an activating group) is 1. The molecule has 272 valence electrons. The molecule has 4 aromatic rings. The number of halogens is 3. The highest BCUT2D eigenvalue weighted by Crippen LogP contribution is 2.30. The molecule has 0 saturated carbocycles. The lowest BCUT2D eigenvalue weighted by Crippen LogP contribution is -2.44. The fourth-order valence-corrected chi connectivity index (χ4v) is 6.99. The normalized spacial score (nSPS) is 13.3. The summed E-state index contributed by atoms with van der Waals surface area (Å²) in [5, 5.41) is 1.41. The maximum Gasteiger partial charge on any atom is 0.270 e. The quantitative estimate of drug-likeness (QED) is 0.122. The van der Waals surface area contributed by atoms with E-state index in [2.05, 4.69) is 56.5 Å². The second-order valence-electron chi connectivity index (χ2n) is 13.2. The van der Waals surface area contributed by atoms with Crippen molar-refractivity contribution in [3.8, 4) is 11.1 Å². The van der Waals surface area contributed by atoms with Gasteiger partial charge >= 0.3 is 0 Å². The Balaban J connectivity index is 1.37. The van der Waals surface area contributed by atoms with Gasteiger partial charge in [-0.1, -0.05) is 134 Å². The van der Waals surface area contributed by atoms with Crippen LogP contribution in [-0.4, -0.2) is 58.5 Å². The van der Waals surface area contributed by atoms with Crippen LogP contribution in [-0.2, 0) is 29.4 Å². The van der Waals surface area contributed by atoms with E-state index in [1.165, 1.54) is 23.3 Å². The number of rotatable bonds is 15. The molecule has 0 aliphatic carbocycles. The second kappa shape index (κ2) is 18.0. The molecule has 52 heavy (non-hydrogen) atoms. The topological polar surface area (TPSA) is 39.2 Å². The molecule has 5 nitrogen and oxygen atoms in total. The van der Waals surface area contributed by atoms with Crippen molar-refractivity contribution >= 4 is 34.4 Å². The van der Waals surface area contributed by atoms with Crippen molar-refractivity contribution in [1.82, 2.24) is 14.7 Å². The van der Waals surface area contributed by atoms with Crippen LogP contribution in [0.15, 0.2) is 126 Å². The van der Waals surface area contributed by atoms with Crippen LogP contribution in [0.3, 0.4) is 0 Å². The third-order valence-electron chi connectivity index (χ3n) is 9.25. The van der Waals surface area contributed by atoms with Gasteiger partial charge in [0.2, 0.25) is 5.91 Å². The van der Waals surface area contributed by atoms with E-state index < -0.39 is 5.92 Å². The smallest absolute Gasteiger partial charge is 0.270 e. The first-order valence-corrected chi connectivity index (χ1v) is 19.0. The molecule has 1 aliphatic rings. The molecule has 1 aliphatic heterocycles. The van der Waals surface area contributed by atoms with E-state index in [1.807, 2.05) is 64.5 Å². The highest BCUT2D eigenvalue weighted by molar-refractivity contribution is 8.13. The van der Waals surface area contributed by atoms with E-state index in [-0.39, 0.29) is 18.0 Å². The van der Waals surface area contributed by atoms with E-state index in [0.717, 1.165) is 59.6 Å². The first-order valence-electron chi connectivity index (χ1n) is 17.7. The molecule has 0 N–H and O–H groups in total. The Bertz CT molecular complexity index is 1870. The van der Waals surface area contributed by atoms with Crippen molar-refractivity contribution < 1.29 is 13.6 Å². The zero-order valence-electron chi connectivity index (χ0n) is 30.4. The Morgan fingerprint density at radius 1 is 0.846 bits per heavy atom. The van der Waals surface area contributed by atoms with Crippen LogP contribution in [0.1, 0.15) is 48.6 Å². The summed E-state index contributed by atoms with van der Waals surface area (Å²) in [5.74, 6) is -2.18. The van der Waals surface area contributed by atoms with Crippen LogP contribution in [0.4, 0.5) is 8.78 Å². The first kappa shape index (κ1) is 39.0. The van der Waals surface area contributed by atoms with E-state index in [1.54, 1.807) is 23.9 Å². The van der Waals surface area contributed by atoms with Crippen LogP contribution >= 0.6 is 23.4 Å². The summed E-state index contributed by atoms with van der Waals surface area (Å²) in [6.07, 6.45) is 2.64.